The standard InChI is InChI=1S/C21H22N4O4/c1-27-15-6-4-14(5-7-15)11-23-20-13-22-18(12-24-20)21(26)25-17-9-8-16(28-2)10-19(17)29-3/h4-10,12-13H,11H2,1-3H3,(H,23,24)(H,25,26). The smallest absolute Gasteiger partial charge is 0.275 e. The Balaban J connectivity index is 1.61. The van der Waals surface area contributed by atoms with Crippen molar-refractivity contribution < 1.29 is 19.0 Å². The molecule has 8 nitrogen and oxygen atoms in total. The minimum absolute atomic E-state index is 0.192. The highest BCUT2D eigenvalue weighted by molar-refractivity contribution is 6.03. The summed E-state index contributed by atoms with van der Waals surface area (Å²) in [4.78, 5) is 20.9. The zero-order chi connectivity index (χ0) is 20.6. The first-order valence-corrected chi connectivity index (χ1v) is 8.85. The van der Waals surface area contributed by atoms with Gasteiger partial charge in [0.25, 0.3) is 5.91 Å². The van der Waals surface area contributed by atoms with E-state index >= 15 is 0 Å². The Labute approximate surface area is 168 Å². The van der Waals surface area contributed by atoms with Gasteiger partial charge in [-0.2, -0.15) is 0 Å². The normalized spacial score (nSPS) is 10.2. The van der Waals surface area contributed by atoms with Crippen LogP contribution in [-0.2, 0) is 6.54 Å². The van der Waals surface area contributed by atoms with Crippen molar-refractivity contribution in [2.45, 2.75) is 6.54 Å². The number of anilines is 2. The molecular formula is C21H22N4O4. The van der Waals surface area contributed by atoms with E-state index in [4.69, 9.17) is 14.2 Å². The lowest BCUT2D eigenvalue weighted by atomic mass is 10.2. The molecule has 1 amide bonds. The summed E-state index contributed by atoms with van der Waals surface area (Å²) in [6.45, 7) is 0.577. The molecule has 0 aliphatic rings. The number of rotatable bonds is 8. The maximum Gasteiger partial charge on any atom is 0.275 e. The van der Waals surface area contributed by atoms with E-state index in [1.54, 1.807) is 32.4 Å². The third-order valence-corrected chi connectivity index (χ3v) is 4.17. The van der Waals surface area contributed by atoms with Crippen molar-refractivity contribution in [1.29, 1.82) is 0 Å². The number of amides is 1. The molecule has 1 heterocycles. The number of nitrogens with one attached hydrogen (secondary N) is 2. The summed E-state index contributed by atoms with van der Waals surface area (Å²) >= 11 is 0. The Morgan fingerprint density at radius 1 is 0.897 bits per heavy atom. The van der Waals surface area contributed by atoms with Crippen LogP contribution in [0.3, 0.4) is 0 Å². The molecule has 0 fully saturated rings. The van der Waals surface area contributed by atoms with Crippen LogP contribution >= 0.6 is 0 Å². The lowest BCUT2D eigenvalue weighted by molar-refractivity contribution is 0.102. The molecule has 0 saturated carbocycles. The third-order valence-electron chi connectivity index (χ3n) is 4.17. The molecular weight excluding hydrogens is 372 g/mol. The Morgan fingerprint density at radius 3 is 2.24 bits per heavy atom. The first-order chi connectivity index (χ1) is 14.1. The topological polar surface area (TPSA) is 94.6 Å². The predicted octanol–water partition coefficient (Wildman–Crippen LogP) is 3.37. The number of carbonyl (C=O) groups excluding carboxylic acids is 1. The van der Waals surface area contributed by atoms with Gasteiger partial charge in [0.1, 0.15) is 28.8 Å². The molecule has 3 rings (SSSR count). The van der Waals surface area contributed by atoms with E-state index in [1.807, 2.05) is 24.3 Å². The van der Waals surface area contributed by atoms with Gasteiger partial charge in [0.15, 0.2) is 0 Å². The van der Waals surface area contributed by atoms with Crippen LogP contribution in [0.2, 0.25) is 0 Å². The second-order valence-corrected chi connectivity index (χ2v) is 6.01. The molecule has 150 valence electrons. The summed E-state index contributed by atoms with van der Waals surface area (Å²) in [7, 11) is 4.71. The quantitative estimate of drug-likeness (QED) is 0.605. The fourth-order valence-corrected chi connectivity index (χ4v) is 2.56. The van der Waals surface area contributed by atoms with Crippen LogP contribution in [0.4, 0.5) is 11.5 Å². The molecule has 0 saturated heterocycles. The monoisotopic (exact) mass is 394 g/mol. The third kappa shape index (κ3) is 5.13. The van der Waals surface area contributed by atoms with Gasteiger partial charge in [-0.1, -0.05) is 12.1 Å². The summed E-state index contributed by atoms with van der Waals surface area (Å²) in [5, 5.41) is 5.93. The zero-order valence-electron chi connectivity index (χ0n) is 16.4. The SMILES string of the molecule is COc1ccc(CNc2cnc(C(=O)Nc3ccc(OC)cc3OC)cn2)cc1. The average Bonchev–Trinajstić information content (AvgIpc) is 2.78. The van der Waals surface area contributed by atoms with Gasteiger partial charge in [0, 0.05) is 12.6 Å². The van der Waals surface area contributed by atoms with Crippen molar-refractivity contribution in [3.8, 4) is 17.2 Å². The van der Waals surface area contributed by atoms with Gasteiger partial charge in [-0.15, -0.1) is 0 Å². The molecule has 0 bridgehead atoms. The molecule has 1 aromatic heterocycles. The molecule has 0 spiro atoms. The van der Waals surface area contributed by atoms with Crippen molar-refractivity contribution in [3.63, 3.8) is 0 Å². The van der Waals surface area contributed by atoms with Crippen LogP contribution in [0.5, 0.6) is 17.2 Å². The zero-order valence-corrected chi connectivity index (χ0v) is 16.4. The predicted molar refractivity (Wildman–Crippen MR) is 110 cm³/mol. The molecule has 3 aromatic rings. The van der Waals surface area contributed by atoms with E-state index in [-0.39, 0.29) is 11.6 Å². The fraction of sp³-hybridized carbons (Fsp3) is 0.190. The lowest BCUT2D eigenvalue weighted by Gasteiger charge is -2.11. The van der Waals surface area contributed by atoms with Crippen molar-refractivity contribution >= 4 is 17.4 Å². The van der Waals surface area contributed by atoms with Crippen molar-refractivity contribution in [2.24, 2.45) is 0 Å². The number of nitrogens with zero attached hydrogens (tertiary/aromatic N) is 2. The van der Waals surface area contributed by atoms with Gasteiger partial charge in [-0.25, -0.2) is 9.97 Å². The first kappa shape index (κ1) is 19.9. The summed E-state index contributed by atoms with van der Waals surface area (Å²) in [5.74, 6) is 2.11. The Hall–Kier alpha value is -3.81. The highest BCUT2D eigenvalue weighted by Gasteiger charge is 2.12. The maximum absolute atomic E-state index is 12.5. The summed E-state index contributed by atoms with van der Waals surface area (Å²) in [5.41, 5.74) is 1.78. The second kappa shape index (κ2) is 9.41. The molecule has 2 N–H and O–H groups in total. The minimum Gasteiger partial charge on any atom is -0.497 e. The molecule has 0 unspecified atom stereocenters. The maximum atomic E-state index is 12.5. The molecule has 0 radical (unpaired) electrons. The fourth-order valence-electron chi connectivity index (χ4n) is 2.56. The molecule has 0 aliphatic heterocycles. The minimum atomic E-state index is -0.386. The second-order valence-electron chi connectivity index (χ2n) is 6.01. The Kier molecular flexibility index (Phi) is 6.47. The van der Waals surface area contributed by atoms with Gasteiger partial charge in [0.05, 0.1) is 39.4 Å². The van der Waals surface area contributed by atoms with Crippen LogP contribution in [0, 0.1) is 0 Å². The van der Waals surface area contributed by atoms with Crippen LogP contribution in [0.1, 0.15) is 16.1 Å². The van der Waals surface area contributed by atoms with Crippen molar-refractivity contribution in [1.82, 2.24) is 9.97 Å². The molecule has 0 aliphatic carbocycles. The van der Waals surface area contributed by atoms with E-state index in [2.05, 4.69) is 20.6 Å². The van der Waals surface area contributed by atoms with Crippen molar-refractivity contribution in [3.05, 3.63) is 66.1 Å². The van der Waals surface area contributed by atoms with E-state index in [1.165, 1.54) is 19.5 Å². The number of methoxy groups -OCH3 is 3. The summed E-state index contributed by atoms with van der Waals surface area (Å²) in [6.07, 6.45) is 2.94. The van der Waals surface area contributed by atoms with Gasteiger partial charge >= 0.3 is 0 Å². The summed E-state index contributed by atoms with van der Waals surface area (Å²) in [6, 6.07) is 12.8. The number of hydrogen-bond acceptors (Lipinski definition) is 7. The average molecular weight is 394 g/mol. The van der Waals surface area contributed by atoms with Gasteiger partial charge < -0.3 is 24.8 Å². The van der Waals surface area contributed by atoms with E-state index < -0.39 is 0 Å². The van der Waals surface area contributed by atoms with Crippen molar-refractivity contribution in [2.75, 3.05) is 32.0 Å². The molecule has 29 heavy (non-hydrogen) atoms. The largest absolute Gasteiger partial charge is 0.497 e. The Bertz CT molecular complexity index is 959. The van der Waals surface area contributed by atoms with E-state index in [0.717, 1.165) is 11.3 Å². The van der Waals surface area contributed by atoms with E-state index in [9.17, 15) is 4.79 Å². The van der Waals surface area contributed by atoms with Gasteiger partial charge in [-0.3, -0.25) is 4.79 Å². The highest BCUT2D eigenvalue weighted by atomic mass is 16.5. The number of carbonyl (C=O) groups is 1. The van der Waals surface area contributed by atoms with Gasteiger partial charge in [-0.05, 0) is 29.8 Å². The Morgan fingerprint density at radius 2 is 1.62 bits per heavy atom. The molecule has 8 heteroatoms. The van der Waals surface area contributed by atoms with Crippen LogP contribution in [-0.4, -0.2) is 37.2 Å². The van der Waals surface area contributed by atoms with Crippen LogP contribution in [0.25, 0.3) is 0 Å². The number of hydrogen-bond donors (Lipinski definition) is 2. The highest BCUT2D eigenvalue weighted by Crippen LogP contribution is 2.29. The lowest BCUT2D eigenvalue weighted by Crippen LogP contribution is -2.15. The van der Waals surface area contributed by atoms with Crippen LogP contribution < -0.4 is 24.8 Å². The first-order valence-electron chi connectivity index (χ1n) is 8.85. The molecule has 2 aromatic carbocycles. The van der Waals surface area contributed by atoms with E-state index in [0.29, 0.717) is 29.5 Å². The summed E-state index contributed by atoms with van der Waals surface area (Å²) < 4.78 is 15.6. The number of benzene rings is 2. The number of ether oxygens (including phenoxy) is 3. The van der Waals surface area contributed by atoms with Crippen LogP contribution in [0.15, 0.2) is 54.9 Å². The molecule has 0 atom stereocenters. The number of aromatic nitrogens is 2. The van der Waals surface area contributed by atoms with Gasteiger partial charge in [0.2, 0.25) is 0 Å².